The molecule has 36 heavy (non-hydrogen) atoms. The van der Waals surface area contributed by atoms with Crippen LogP contribution in [-0.2, 0) is 24.3 Å². The van der Waals surface area contributed by atoms with Gasteiger partial charge in [0.15, 0.2) is 0 Å². The first kappa shape index (κ1) is 25.4. The van der Waals surface area contributed by atoms with Crippen LogP contribution in [0.3, 0.4) is 0 Å². The zero-order valence-corrected chi connectivity index (χ0v) is 22.7. The summed E-state index contributed by atoms with van der Waals surface area (Å²) < 4.78 is 2.17. The van der Waals surface area contributed by atoms with E-state index in [2.05, 4.69) is 14.5 Å². The van der Waals surface area contributed by atoms with E-state index in [9.17, 15) is 4.79 Å². The summed E-state index contributed by atoms with van der Waals surface area (Å²) in [4.78, 5) is 18.8. The van der Waals surface area contributed by atoms with E-state index in [4.69, 9.17) is 39.9 Å². The van der Waals surface area contributed by atoms with Gasteiger partial charge in [0.1, 0.15) is 0 Å². The topological polar surface area (TPSA) is 44.6 Å². The van der Waals surface area contributed by atoms with Gasteiger partial charge in [-0.15, -0.1) is 0 Å². The van der Waals surface area contributed by atoms with E-state index in [0.717, 1.165) is 81.2 Å². The average Bonchev–Trinajstić information content (AvgIpc) is 3.24. The summed E-state index contributed by atoms with van der Waals surface area (Å²) in [6, 6.07) is 13.7. The van der Waals surface area contributed by atoms with E-state index in [-0.39, 0.29) is 5.91 Å². The van der Waals surface area contributed by atoms with Crippen molar-refractivity contribution in [2.24, 2.45) is 0 Å². The Morgan fingerprint density at radius 1 is 0.917 bits per heavy atom. The Kier molecular flexibility index (Phi) is 7.77. The van der Waals surface area contributed by atoms with Crippen molar-refractivity contribution in [1.29, 1.82) is 0 Å². The minimum absolute atomic E-state index is 0.107. The number of aromatic nitrogens is 2. The molecule has 0 atom stereocenters. The van der Waals surface area contributed by atoms with Crippen molar-refractivity contribution < 1.29 is 4.79 Å². The average molecular weight is 547 g/mol. The molecular weight excluding hydrogens is 517 g/mol. The SMILES string of the molecule is CC(=O)N1CCc2c(c(-c3ccc(Cl)cc3)nn2CCCN2CCN(c3ccc(Cl)c(Cl)c3)CC2)C1. The molecule has 9 heteroatoms. The molecule has 2 aliphatic rings. The van der Waals surface area contributed by atoms with Crippen molar-refractivity contribution in [2.45, 2.75) is 32.9 Å². The molecule has 1 amide bonds. The van der Waals surface area contributed by atoms with Crippen LogP contribution in [0, 0.1) is 0 Å². The highest BCUT2D eigenvalue weighted by molar-refractivity contribution is 6.42. The lowest BCUT2D eigenvalue weighted by Crippen LogP contribution is -2.46. The highest BCUT2D eigenvalue weighted by Gasteiger charge is 2.27. The third-order valence-electron chi connectivity index (χ3n) is 7.18. The summed E-state index contributed by atoms with van der Waals surface area (Å²) in [6.07, 6.45) is 1.86. The Morgan fingerprint density at radius 2 is 1.67 bits per heavy atom. The number of carbonyl (C=O) groups is 1. The predicted molar refractivity (Wildman–Crippen MR) is 147 cm³/mol. The Balaban J connectivity index is 1.22. The minimum Gasteiger partial charge on any atom is -0.369 e. The lowest BCUT2D eigenvalue weighted by atomic mass is 10.0. The Morgan fingerprint density at radius 3 is 2.36 bits per heavy atom. The second kappa shape index (κ2) is 11.0. The normalized spacial score (nSPS) is 16.3. The number of hydrogen-bond acceptors (Lipinski definition) is 4. The number of rotatable bonds is 6. The van der Waals surface area contributed by atoms with Gasteiger partial charge in [-0.2, -0.15) is 5.10 Å². The first-order valence-electron chi connectivity index (χ1n) is 12.4. The van der Waals surface area contributed by atoms with Crippen LogP contribution < -0.4 is 4.90 Å². The zero-order valence-electron chi connectivity index (χ0n) is 20.4. The maximum absolute atomic E-state index is 12.1. The molecule has 0 spiro atoms. The first-order valence-corrected chi connectivity index (χ1v) is 13.5. The molecule has 1 fully saturated rings. The van der Waals surface area contributed by atoms with Gasteiger partial charge >= 0.3 is 0 Å². The molecule has 2 aromatic carbocycles. The third-order valence-corrected chi connectivity index (χ3v) is 8.17. The highest BCUT2D eigenvalue weighted by atomic mass is 35.5. The lowest BCUT2D eigenvalue weighted by molar-refractivity contribution is -0.129. The van der Waals surface area contributed by atoms with Crippen molar-refractivity contribution >= 4 is 46.4 Å². The molecule has 2 aliphatic heterocycles. The van der Waals surface area contributed by atoms with Crippen LogP contribution in [0.4, 0.5) is 5.69 Å². The summed E-state index contributed by atoms with van der Waals surface area (Å²) in [5.74, 6) is 0.107. The van der Waals surface area contributed by atoms with Crippen LogP contribution in [0.2, 0.25) is 15.1 Å². The van der Waals surface area contributed by atoms with E-state index >= 15 is 0 Å². The number of aryl methyl sites for hydroxylation is 1. The molecule has 6 nitrogen and oxygen atoms in total. The van der Waals surface area contributed by atoms with Crippen molar-refractivity contribution in [3.8, 4) is 11.3 Å². The number of amides is 1. The lowest BCUT2D eigenvalue weighted by Gasteiger charge is -2.36. The molecule has 3 heterocycles. The van der Waals surface area contributed by atoms with Gasteiger partial charge in [-0.1, -0.05) is 46.9 Å². The molecule has 190 valence electrons. The molecule has 0 N–H and O–H groups in total. The monoisotopic (exact) mass is 545 g/mol. The van der Waals surface area contributed by atoms with E-state index in [0.29, 0.717) is 21.6 Å². The zero-order chi connectivity index (χ0) is 25.2. The predicted octanol–water partition coefficient (Wildman–Crippen LogP) is 5.63. The van der Waals surface area contributed by atoms with E-state index < -0.39 is 0 Å². The maximum Gasteiger partial charge on any atom is 0.219 e. The molecule has 0 saturated carbocycles. The second-order valence-electron chi connectivity index (χ2n) is 9.48. The van der Waals surface area contributed by atoms with Crippen molar-refractivity contribution in [3.05, 3.63) is 68.8 Å². The molecule has 0 bridgehead atoms. The Bertz CT molecular complexity index is 1230. The molecule has 0 unspecified atom stereocenters. The maximum atomic E-state index is 12.1. The number of anilines is 1. The van der Waals surface area contributed by atoms with Crippen LogP contribution in [0.1, 0.15) is 24.6 Å². The standard InChI is InChI=1S/C27H30Cl3N5O/c1-19(36)34-12-9-26-23(18-34)27(20-3-5-21(28)6-4-20)31-35(26)11-2-10-32-13-15-33(16-14-32)22-7-8-24(29)25(30)17-22/h3-8,17H,2,9-16,18H2,1H3. The van der Waals surface area contributed by atoms with Gasteiger partial charge in [0.25, 0.3) is 0 Å². The van der Waals surface area contributed by atoms with Crippen molar-refractivity contribution in [2.75, 3.05) is 44.2 Å². The first-order chi connectivity index (χ1) is 17.4. The van der Waals surface area contributed by atoms with Gasteiger partial charge in [0, 0.05) is 93.2 Å². The molecule has 5 rings (SSSR count). The van der Waals surface area contributed by atoms with Crippen LogP contribution in [0.15, 0.2) is 42.5 Å². The smallest absolute Gasteiger partial charge is 0.219 e. The summed E-state index contributed by atoms with van der Waals surface area (Å²) in [7, 11) is 0. The largest absolute Gasteiger partial charge is 0.369 e. The third kappa shape index (κ3) is 5.52. The highest BCUT2D eigenvalue weighted by Crippen LogP contribution is 2.31. The van der Waals surface area contributed by atoms with Gasteiger partial charge in [0.2, 0.25) is 5.91 Å². The minimum atomic E-state index is 0.107. The van der Waals surface area contributed by atoms with Crippen LogP contribution in [0.25, 0.3) is 11.3 Å². The molecule has 1 saturated heterocycles. The van der Waals surface area contributed by atoms with Crippen LogP contribution in [-0.4, -0.2) is 64.8 Å². The number of halogens is 3. The molecule has 3 aromatic rings. The summed E-state index contributed by atoms with van der Waals surface area (Å²) in [5, 5.41) is 6.92. The number of carbonyl (C=O) groups excluding carboxylic acids is 1. The van der Waals surface area contributed by atoms with Crippen LogP contribution in [0.5, 0.6) is 0 Å². The fraction of sp³-hybridized carbons (Fsp3) is 0.407. The van der Waals surface area contributed by atoms with Gasteiger partial charge < -0.3 is 9.80 Å². The Hall–Kier alpha value is -2.25. The van der Waals surface area contributed by atoms with Gasteiger partial charge in [-0.25, -0.2) is 0 Å². The van der Waals surface area contributed by atoms with Crippen LogP contribution >= 0.6 is 34.8 Å². The Labute approximate surface area is 227 Å². The second-order valence-corrected chi connectivity index (χ2v) is 10.7. The number of hydrogen-bond donors (Lipinski definition) is 0. The van der Waals surface area contributed by atoms with E-state index in [1.54, 1.807) is 6.92 Å². The van der Waals surface area contributed by atoms with Gasteiger partial charge in [0.05, 0.1) is 15.7 Å². The van der Waals surface area contributed by atoms with Gasteiger partial charge in [-0.3, -0.25) is 14.4 Å². The van der Waals surface area contributed by atoms with Gasteiger partial charge in [-0.05, 0) is 36.8 Å². The molecule has 1 aromatic heterocycles. The summed E-state index contributed by atoms with van der Waals surface area (Å²) in [6.45, 7) is 8.85. The number of nitrogens with zero attached hydrogens (tertiary/aromatic N) is 5. The fourth-order valence-corrected chi connectivity index (χ4v) is 5.56. The summed E-state index contributed by atoms with van der Waals surface area (Å²) in [5.41, 5.74) is 5.54. The van der Waals surface area contributed by atoms with E-state index in [1.165, 1.54) is 5.69 Å². The molecule has 0 aliphatic carbocycles. The number of piperazine rings is 1. The number of benzene rings is 2. The van der Waals surface area contributed by atoms with Crippen molar-refractivity contribution in [1.82, 2.24) is 19.6 Å². The molecule has 0 radical (unpaired) electrons. The molecular formula is C27H30Cl3N5O. The van der Waals surface area contributed by atoms with E-state index in [1.807, 2.05) is 47.4 Å². The van der Waals surface area contributed by atoms with Crippen molar-refractivity contribution in [3.63, 3.8) is 0 Å². The quantitative estimate of drug-likeness (QED) is 0.402. The summed E-state index contributed by atoms with van der Waals surface area (Å²) >= 11 is 18.4. The fourth-order valence-electron chi connectivity index (χ4n) is 5.14. The number of fused-ring (bicyclic) bond motifs is 1.